The zero-order valence-corrected chi connectivity index (χ0v) is 13.6. The van der Waals surface area contributed by atoms with E-state index in [0.29, 0.717) is 5.92 Å². The molecule has 0 bridgehead atoms. The molecule has 1 unspecified atom stereocenters. The fraction of sp³-hybridized carbons (Fsp3) is 0.300. The van der Waals surface area contributed by atoms with Gasteiger partial charge in [-0.25, -0.2) is 4.39 Å². The second-order valence-corrected chi connectivity index (χ2v) is 5.83. The molecule has 0 amide bonds. The van der Waals surface area contributed by atoms with Crippen molar-refractivity contribution in [2.24, 2.45) is 0 Å². The van der Waals surface area contributed by atoms with Crippen LogP contribution in [0.2, 0.25) is 0 Å². The molecular weight excluding hydrogens is 273 g/mol. The van der Waals surface area contributed by atoms with Gasteiger partial charge in [0.25, 0.3) is 0 Å². The number of hydrogen-bond donors (Lipinski definition) is 1. The molecule has 0 aliphatic carbocycles. The standard InChI is InChI=1S/C20H24FN/c1-5-17(18-7-9-19(21)10-8-18)13-22-16(4)20-11-6-14(2)12-15(20)3/h6-12,17,22H,4-5,13H2,1-3H3. The van der Waals surface area contributed by atoms with Gasteiger partial charge in [0, 0.05) is 18.2 Å². The molecule has 0 saturated heterocycles. The van der Waals surface area contributed by atoms with Crippen LogP contribution in [-0.2, 0) is 0 Å². The van der Waals surface area contributed by atoms with E-state index in [1.807, 2.05) is 12.1 Å². The molecule has 0 aliphatic rings. The van der Waals surface area contributed by atoms with Crippen molar-refractivity contribution in [2.45, 2.75) is 33.1 Å². The fourth-order valence-corrected chi connectivity index (χ4v) is 2.73. The smallest absolute Gasteiger partial charge is 0.123 e. The van der Waals surface area contributed by atoms with Crippen molar-refractivity contribution in [2.75, 3.05) is 6.54 Å². The third kappa shape index (κ3) is 3.97. The summed E-state index contributed by atoms with van der Waals surface area (Å²) < 4.78 is 13.0. The molecule has 0 fully saturated rings. The topological polar surface area (TPSA) is 12.0 Å². The van der Waals surface area contributed by atoms with Crippen LogP contribution in [0.15, 0.2) is 49.0 Å². The number of rotatable bonds is 6. The summed E-state index contributed by atoms with van der Waals surface area (Å²) in [5.74, 6) is 0.161. The molecule has 0 saturated carbocycles. The van der Waals surface area contributed by atoms with E-state index in [2.05, 4.69) is 50.9 Å². The molecule has 1 N–H and O–H groups in total. The number of aryl methyl sites for hydroxylation is 2. The largest absolute Gasteiger partial charge is 0.384 e. The summed E-state index contributed by atoms with van der Waals surface area (Å²) >= 11 is 0. The Balaban J connectivity index is 2.03. The fourth-order valence-electron chi connectivity index (χ4n) is 2.73. The van der Waals surface area contributed by atoms with Crippen molar-refractivity contribution >= 4 is 5.70 Å². The highest BCUT2D eigenvalue weighted by atomic mass is 19.1. The maximum Gasteiger partial charge on any atom is 0.123 e. The Hall–Kier alpha value is -2.09. The van der Waals surface area contributed by atoms with Crippen LogP contribution >= 0.6 is 0 Å². The van der Waals surface area contributed by atoms with E-state index < -0.39 is 0 Å². The van der Waals surface area contributed by atoms with Gasteiger partial charge in [0.15, 0.2) is 0 Å². The van der Waals surface area contributed by atoms with Crippen LogP contribution in [0.25, 0.3) is 5.70 Å². The predicted octanol–water partition coefficient (Wildman–Crippen LogP) is 5.20. The highest BCUT2D eigenvalue weighted by Crippen LogP contribution is 2.21. The highest BCUT2D eigenvalue weighted by Gasteiger charge is 2.11. The van der Waals surface area contributed by atoms with Crippen molar-refractivity contribution in [1.29, 1.82) is 0 Å². The first kappa shape index (κ1) is 16.3. The Kier molecular flexibility index (Phi) is 5.37. The summed E-state index contributed by atoms with van der Waals surface area (Å²) in [7, 11) is 0. The molecule has 2 aromatic rings. The third-order valence-corrected chi connectivity index (χ3v) is 4.10. The van der Waals surface area contributed by atoms with Gasteiger partial charge in [-0.15, -0.1) is 0 Å². The van der Waals surface area contributed by atoms with Crippen molar-refractivity contribution in [3.05, 3.63) is 77.1 Å². The van der Waals surface area contributed by atoms with Gasteiger partial charge in [-0.05, 0) is 49.1 Å². The van der Waals surface area contributed by atoms with Gasteiger partial charge in [0.05, 0.1) is 0 Å². The molecule has 0 radical (unpaired) electrons. The van der Waals surface area contributed by atoms with Crippen LogP contribution in [-0.4, -0.2) is 6.54 Å². The van der Waals surface area contributed by atoms with Crippen LogP contribution < -0.4 is 5.32 Å². The number of halogens is 1. The minimum Gasteiger partial charge on any atom is -0.384 e. The van der Waals surface area contributed by atoms with E-state index in [-0.39, 0.29) is 5.82 Å². The Bertz CT molecular complexity index is 643. The van der Waals surface area contributed by atoms with Gasteiger partial charge in [-0.1, -0.05) is 49.4 Å². The number of nitrogens with one attached hydrogen (secondary N) is 1. The zero-order chi connectivity index (χ0) is 16.1. The summed E-state index contributed by atoms with van der Waals surface area (Å²) in [6.45, 7) is 11.3. The van der Waals surface area contributed by atoms with E-state index in [9.17, 15) is 4.39 Å². The van der Waals surface area contributed by atoms with E-state index in [1.54, 1.807) is 0 Å². The average Bonchev–Trinajstić information content (AvgIpc) is 2.49. The monoisotopic (exact) mass is 297 g/mol. The molecule has 0 aliphatic heterocycles. The minimum atomic E-state index is -0.189. The van der Waals surface area contributed by atoms with Gasteiger partial charge in [-0.2, -0.15) is 0 Å². The van der Waals surface area contributed by atoms with Crippen LogP contribution in [0.5, 0.6) is 0 Å². The molecule has 1 nitrogen and oxygen atoms in total. The second-order valence-electron chi connectivity index (χ2n) is 5.83. The van der Waals surface area contributed by atoms with Gasteiger partial charge in [0.2, 0.25) is 0 Å². The molecule has 2 heteroatoms. The van der Waals surface area contributed by atoms with Gasteiger partial charge in [0.1, 0.15) is 5.82 Å². The van der Waals surface area contributed by atoms with Gasteiger partial charge in [-0.3, -0.25) is 0 Å². The zero-order valence-electron chi connectivity index (χ0n) is 13.6. The lowest BCUT2D eigenvalue weighted by atomic mass is 9.96. The van der Waals surface area contributed by atoms with E-state index in [4.69, 9.17) is 0 Å². The number of hydrogen-bond acceptors (Lipinski definition) is 1. The first-order chi connectivity index (χ1) is 10.5. The minimum absolute atomic E-state index is 0.189. The van der Waals surface area contributed by atoms with E-state index >= 15 is 0 Å². The SMILES string of the molecule is C=C(NCC(CC)c1ccc(F)cc1)c1ccc(C)cc1C. The van der Waals surface area contributed by atoms with E-state index in [1.165, 1.54) is 23.3 Å². The normalized spacial score (nSPS) is 12.0. The van der Waals surface area contributed by atoms with Gasteiger partial charge >= 0.3 is 0 Å². The molecule has 0 aromatic heterocycles. The molecular formula is C20H24FN. The maximum atomic E-state index is 13.0. The van der Waals surface area contributed by atoms with Gasteiger partial charge < -0.3 is 5.32 Å². The Labute approximate surface area is 132 Å². The lowest BCUT2D eigenvalue weighted by Gasteiger charge is -2.19. The average molecular weight is 297 g/mol. The summed E-state index contributed by atoms with van der Waals surface area (Å²) in [4.78, 5) is 0. The van der Waals surface area contributed by atoms with Crippen LogP contribution in [0.4, 0.5) is 4.39 Å². The van der Waals surface area contributed by atoms with Crippen LogP contribution in [0, 0.1) is 19.7 Å². The van der Waals surface area contributed by atoms with E-state index in [0.717, 1.165) is 29.8 Å². The third-order valence-electron chi connectivity index (χ3n) is 4.10. The van der Waals surface area contributed by atoms with Crippen molar-refractivity contribution in [3.63, 3.8) is 0 Å². The quantitative estimate of drug-likeness (QED) is 0.773. The number of benzene rings is 2. The lowest BCUT2D eigenvalue weighted by Crippen LogP contribution is -2.20. The maximum absolute atomic E-state index is 13.0. The van der Waals surface area contributed by atoms with Crippen LogP contribution in [0.1, 0.15) is 41.5 Å². The van der Waals surface area contributed by atoms with Crippen molar-refractivity contribution in [3.8, 4) is 0 Å². The molecule has 2 aromatic carbocycles. The predicted molar refractivity (Wildman–Crippen MR) is 92.4 cm³/mol. The molecule has 1 atom stereocenters. The first-order valence-corrected chi connectivity index (χ1v) is 7.77. The molecule has 116 valence electrons. The summed E-state index contributed by atoms with van der Waals surface area (Å²) in [6.07, 6.45) is 0.999. The Morgan fingerprint density at radius 3 is 2.41 bits per heavy atom. The summed E-state index contributed by atoms with van der Waals surface area (Å²) in [6, 6.07) is 13.2. The summed E-state index contributed by atoms with van der Waals surface area (Å²) in [5, 5.41) is 3.44. The molecule has 22 heavy (non-hydrogen) atoms. The summed E-state index contributed by atoms with van der Waals surface area (Å²) in [5.41, 5.74) is 5.74. The van der Waals surface area contributed by atoms with Crippen molar-refractivity contribution in [1.82, 2.24) is 5.32 Å². The first-order valence-electron chi connectivity index (χ1n) is 7.77. The van der Waals surface area contributed by atoms with Crippen LogP contribution in [0.3, 0.4) is 0 Å². The Morgan fingerprint density at radius 2 is 1.82 bits per heavy atom. The molecule has 0 heterocycles. The second kappa shape index (κ2) is 7.26. The van der Waals surface area contributed by atoms with Crippen molar-refractivity contribution < 1.29 is 4.39 Å². The lowest BCUT2D eigenvalue weighted by molar-refractivity contribution is 0.614. The Morgan fingerprint density at radius 1 is 1.14 bits per heavy atom. The molecule has 2 rings (SSSR count). The highest BCUT2D eigenvalue weighted by molar-refractivity contribution is 5.65. The molecule has 0 spiro atoms.